The van der Waals surface area contributed by atoms with Gasteiger partial charge >= 0.3 is 0 Å². The summed E-state index contributed by atoms with van der Waals surface area (Å²) in [6.07, 6.45) is 0.695. The molecule has 1 saturated heterocycles. The monoisotopic (exact) mass is 433 g/mol. The highest BCUT2D eigenvalue weighted by Gasteiger charge is 2.33. The van der Waals surface area contributed by atoms with Crippen molar-refractivity contribution in [2.75, 3.05) is 24.5 Å². The van der Waals surface area contributed by atoms with E-state index in [-0.39, 0.29) is 11.9 Å². The average molecular weight is 434 g/mol. The highest BCUT2D eigenvalue weighted by Crippen LogP contribution is 2.34. The van der Waals surface area contributed by atoms with Crippen LogP contribution in [0.3, 0.4) is 0 Å². The van der Waals surface area contributed by atoms with Crippen LogP contribution in [-0.2, 0) is 4.79 Å². The van der Waals surface area contributed by atoms with Gasteiger partial charge in [0.15, 0.2) is 0 Å². The van der Waals surface area contributed by atoms with E-state index in [0.29, 0.717) is 30.5 Å². The Bertz CT molecular complexity index is 854. The molecule has 3 rings (SSSR count). The number of amides is 1. The second-order valence-electron chi connectivity index (χ2n) is 8.21. The Labute approximate surface area is 183 Å². The summed E-state index contributed by atoms with van der Waals surface area (Å²) in [5.41, 5.74) is 9.58. The molecule has 0 bridgehead atoms. The number of aryl methyl sites for hydroxylation is 1. The highest BCUT2D eigenvalue weighted by atomic mass is 35.5. The Balaban J connectivity index is 1.90. The molecular weight excluding hydrogens is 405 g/mol. The molecule has 1 aliphatic heterocycles. The van der Waals surface area contributed by atoms with Crippen LogP contribution >= 0.6 is 23.2 Å². The predicted molar refractivity (Wildman–Crippen MR) is 122 cm³/mol. The van der Waals surface area contributed by atoms with Gasteiger partial charge in [0.05, 0.1) is 12.1 Å². The second-order valence-corrected chi connectivity index (χ2v) is 9.08. The Morgan fingerprint density at radius 1 is 1.10 bits per heavy atom. The van der Waals surface area contributed by atoms with Gasteiger partial charge in [0.1, 0.15) is 0 Å². The van der Waals surface area contributed by atoms with Gasteiger partial charge in [-0.25, -0.2) is 0 Å². The minimum absolute atomic E-state index is 0.0242. The van der Waals surface area contributed by atoms with Gasteiger partial charge in [0.25, 0.3) is 0 Å². The molecule has 6 heteroatoms. The number of rotatable bonds is 5. The standard InChI is InChI=1S/C23H29Cl2N3O/c1-15(2)12-20(26)23(29)27-10-11-28(21-9-8-19(25)13-16(21)3)22(14-27)17-4-6-18(24)7-5-17/h4-9,13,15,20,22H,10-12,14,26H2,1-3H3/t20-,22-/m0/s1. The first-order chi connectivity index (χ1) is 13.8. The van der Waals surface area contributed by atoms with E-state index >= 15 is 0 Å². The lowest BCUT2D eigenvalue weighted by atomic mass is 9.98. The summed E-state index contributed by atoms with van der Waals surface area (Å²) in [5, 5.41) is 1.42. The molecule has 1 aliphatic rings. The fraction of sp³-hybridized carbons (Fsp3) is 0.435. The molecule has 0 aliphatic carbocycles. The van der Waals surface area contributed by atoms with E-state index in [1.165, 1.54) is 0 Å². The van der Waals surface area contributed by atoms with Crippen molar-refractivity contribution >= 4 is 34.8 Å². The molecule has 1 fully saturated rings. The molecule has 0 spiro atoms. The van der Waals surface area contributed by atoms with E-state index in [1.54, 1.807) is 0 Å². The van der Waals surface area contributed by atoms with Crippen LogP contribution in [0.2, 0.25) is 10.0 Å². The molecule has 29 heavy (non-hydrogen) atoms. The summed E-state index contributed by atoms with van der Waals surface area (Å²) >= 11 is 12.3. The fourth-order valence-corrected chi connectivity index (χ4v) is 4.38. The topological polar surface area (TPSA) is 49.6 Å². The number of halogens is 2. The Hall–Kier alpha value is -1.75. The van der Waals surface area contributed by atoms with Crippen molar-refractivity contribution in [1.82, 2.24) is 4.90 Å². The van der Waals surface area contributed by atoms with Gasteiger partial charge in [-0.15, -0.1) is 0 Å². The second kappa shape index (κ2) is 9.38. The molecule has 2 N–H and O–H groups in total. The predicted octanol–water partition coefficient (Wildman–Crippen LogP) is 5.07. The number of carbonyl (C=O) groups excluding carboxylic acids is 1. The van der Waals surface area contributed by atoms with Crippen LogP contribution in [0.15, 0.2) is 42.5 Å². The van der Waals surface area contributed by atoms with Gasteiger partial charge in [0, 0.05) is 35.4 Å². The van der Waals surface area contributed by atoms with E-state index in [1.807, 2.05) is 41.3 Å². The number of hydrogen-bond donors (Lipinski definition) is 1. The molecule has 2 aromatic carbocycles. The Kier molecular flexibility index (Phi) is 7.10. The molecular formula is C23H29Cl2N3O. The largest absolute Gasteiger partial charge is 0.361 e. The molecule has 0 aromatic heterocycles. The van der Waals surface area contributed by atoms with Crippen molar-refractivity contribution in [3.05, 3.63) is 63.6 Å². The average Bonchev–Trinajstić information content (AvgIpc) is 2.67. The number of nitrogens with zero attached hydrogens (tertiary/aromatic N) is 2. The molecule has 0 radical (unpaired) electrons. The summed E-state index contributed by atoms with van der Waals surface area (Å²) in [7, 11) is 0. The summed E-state index contributed by atoms with van der Waals surface area (Å²) in [6.45, 7) is 8.22. The van der Waals surface area contributed by atoms with E-state index in [2.05, 4.69) is 31.7 Å². The number of anilines is 1. The molecule has 0 saturated carbocycles. The number of carbonyl (C=O) groups is 1. The molecule has 2 aromatic rings. The van der Waals surface area contributed by atoms with Crippen LogP contribution in [0.5, 0.6) is 0 Å². The van der Waals surface area contributed by atoms with E-state index in [9.17, 15) is 4.79 Å². The molecule has 2 atom stereocenters. The van der Waals surface area contributed by atoms with Gasteiger partial charge in [-0.2, -0.15) is 0 Å². The van der Waals surface area contributed by atoms with Gasteiger partial charge < -0.3 is 15.5 Å². The lowest BCUT2D eigenvalue weighted by Crippen LogP contribution is -2.54. The number of hydrogen-bond acceptors (Lipinski definition) is 3. The van der Waals surface area contributed by atoms with E-state index < -0.39 is 6.04 Å². The third-order valence-corrected chi connectivity index (χ3v) is 5.94. The summed E-state index contributed by atoms with van der Waals surface area (Å²) in [4.78, 5) is 17.2. The number of nitrogens with two attached hydrogens (primary N) is 1. The summed E-state index contributed by atoms with van der Waals surface area (Å²) in [6, 6.07) is 13.4. The Morgan fingerprint density at radius 3 is 2.38 bits per heavy atom. The molecule has 4 nitrogen and oxygen atoms in total. The number of benzene rings is 2. The Morgan fingerprint density at radius 2 is 1.76 bits per heavy atom. The fourth-order valence-electron chi connectivity index (χ4n) is 4.03. The molecule has 1 heterocycles. The van der Waals surface area contributed by atoms with Crippen molar-refractivity contribution in [1.29, 1.82) is 0 Å². The lowest BCUT2D eigenvalue weighted by molar-refractivity contribution is -0.133. The lowest BCUT2D eigenvalue weighted by Gasteiger charge is -2.44. The summed E-state index contributed by atoms with van der Waals surface area (Å²) < 4.78 is 0. The zero-order valence-corrected chi connectivity index (χ0v) is 18.7. The first kappa shape index (κ1) is 21.9. The molecule has 1 amide bonds. The van der Waals surface area contributed by atoms with Gasteiger partial charge in [-0.1, -0.05) is 49.2 Å². The first-order valence-electron chi connectivity index (χ1n) is 10.1. The van der Waals surface area contributed by atoms with Crippen LogP contribution in [-0.4, -0.2) is 36.5 Å². The van der Waals surface area contributed by atoms with Crippen molar-refractivity contribution in [3.8, 4) is 0 Å². The van der Waals surface area contributed by atoms with E-state index in [4.69, 9.17) is 28.9 Å². The maximum atomic E-state index is 13.0. The van der Waals surface area contributed by atoms with Crippen molar-refractivity contribution in [2.45, 2.75) is 39.3 Å². The minimum atomic E-state index is -0.454. The van der Waals surface area contributed by atoms with Crippen molar-refractivity contribution in [2.24, 2.45) is 11.7 Å². The first-order valence-corrected chi connectivity index (χ1v) is 10.8. The van der Waals surface area contributed by atoms with E-state index in [0.717, 1.165) is 28.4 Å². The van der Waals surface area contributed by atoms with Gasteiger partial charge in [-0.05, 0) is 60.7 Å². The minimum Gasteiger partial charge on any atom is -0.361 e. The smallest absolute Gasteiger partial charge is 0.239 e. The van der Waals surface area contributed by atoms with Crippen LogP contribution < -0.4 is 10.6 Å². The highest BCUT2D eigenvalue weighted by molar-refractivity contribution is 6.31. The number of piperazine rings is 1. The quantitative estimate of drug-likeness (QED) is 0.715. The van der Waals surface area contributed by atoms with Crippen LogP contribution in [0.25, 0.3) is 0 Å². The van der Waals surface area contributed by atoms with Crippen LogP contribution in [0, 0.1) is 12.8 Å². The van der Waals surface area contributed by atoms with Crippen LogP contribution in [0.4, 0.5) is 5.69 Å². The van der Waals surface area contributed by atoms with Gasteiger partial charge in [0.2, 0.25) is 5.91 Å². The third-order valence-electron chi connectivity index (χ3n) is 5.46. The zero-order valence-electron chi connectivity index (χ0n) is 17.2. The molecule has 156 valence electrons. The van der Waals surface area contributed by atoms with Gasteiger partial charge in [-0.3, -0.25) is 4.79 Å². The molecule has 0 unspecified atom stereocenters. The van der Waals surface area contributed by atoms with Crippen molar-refractivity contribution < 1.29 is 4.79 Å². The van der Waals surface area contributed by atoms with Crippen molar-refractivity contribution in [3.63, 3.8) is 0 Å². The summed E-state index contributed by atoms with van der Waals surface area (Å²) in [5.74, 6) is 0.421. The SMILES string of the molecule is Cc1cc(Cl)ccc1N1CCN(C(=O)[C@@H](N)CC(C)C)C[C@H]1c1ccc(Cl)cc1. The normalized spacial score (nSPS) is 18.2. The maximum Gasteiger partial charge on any atom is 0.239 e. The maximum absolute atomic E-state index is 13.0. The third kappa shape index (κ3) is 5.25. The zero-order chi connectivity index (χ0) is 21.1. The van der Waals surface area contributed by atoms with Crippen LogP contribution in [0.1, 0.15) is 37.4 Å².